The minimum absolute atomic E-state index is 0.873. The molecular formula is C19H20N2. The van der Waals surface area contributed by atoms with Gasteiger partial charge >= 0.3 is 0 Å². The Balaban J connectivity index is 1.65. The molecule has 0 aliphatic heterocycles. The summed E-state index contributed by atoms with van der Waals surface area (Å²) < 4.78 is 0. The highest BCUT2D eigenvalue weighted by atomic mass is 14.8. The van der Waals surface area contributed by atoms with Crippen molar-refractivity contribution in [2.75, 3.05) is 0 Å². The summed E-state index contributed by atoms with van der Waals surface area (Å²) in [6, 6.07) is 19.3. The van der Waals surface area contributed by atoms with E-state index in [9.17, 15) is 0 Å². The van der Waals surface area contributed by atoms with Crippen LogP contribution in [-0.2, 0) is 13.1 Å². The van der Waals surface area contributed by atoms with Gasteiger partial charge in [0.1, 0.15) is 0 Å². The molecule has 0 radical (unpaired) electrons. The number of aryl methyl sites for hydroxylation is 2. The number of nitrogens with zero attached hydrogens (tertiary/aromatic N) is 1. The Bertz CT molecular complexity index is 745. The van der Waals surface area contributed by atoms with Crippen molar-refractivity contribution in [1.29, 1.82) is 0 Å². The van der Waals surface area contributed by atoms with Crippen molar-refractivity contribution in [1.82, 2.24) is 10.3 Å². The van der Waals surface area contributed by atoms with Crippen molar-refractivity contribution in [3.8, 4) is 0 Å². The highest BCUT2D eigenvalue weighted by Crippen LogP contribution is 2.15. The molecule has 0 saturated heterocycles. The van der Waals surface area contributed by atoms with E-state index in [4.69, 9.17) is 0 Å². The molecule has 0 bridgehead atoms. The summed E-state index contributed by atoms with van der Waals surface area (Å²) in [7, 11) is 0. The third-order valence-corrected chi connectivity index (χ3v) is 3.67. The predicted molar refractivity (Wildman–Crippen MR) is 88.2 cm³/mol. The molecule has 21 heavy (non-hydrogen) atoms. The van der Waals surface area contributed by atoms with Crippen molar-refractivity contribution in [2.45, 2.75) is 26.9 Å². The van der Waals surface area contributed by atoms with E-state index in [1.54, 1.807) is 0 Å². The number of aromatic nitrogens is 1. The average Bonchev–Trinajstić information content (AvgIpc) is 2.49. The molecule has 0 atom stereocenters. The Kier molecular flexibility index (Phi) is 3.98. The Hall–Kier alpha value is -2.19. The lowest BCUT2D eigenvalue weighted by Crippen LogP contribution is -2.12. The monoisotopic (exact) mass is 276 g/mol. The Morgan fingerprint density at radius 3 is 2.33 bits per heavy atom. The molecule has 0 spiro atoms. The number of rotatable bonds is 4. The van der Waals surface area contributed by atoms with E-state index < -0.39 is 0 Å². The van der Waals surface area contributed by atoms with Gasteiger partial charge in [-0.3, -0.25) is 4.98 Å². The smallest absolute Gasteiger partial charge is 0.0705 e. The van der Waals surface area contributed by atoms with Crippen LogP contribution in [0.1, 0.15) is 22.4 Å². The number of nitrogens with one attached hydrogen (secondary N) is 1. The van der Waals surface area contributed by atoms with Crippen molar-refractivity contribution in [3.05, 3.63) is 77.0 Å². The zero-order valence-corrected chi connectivity index (χ0v) is 12.6. The van der Waals surface area contributed by atoms with Crippen LogP contribution in [0.25, 0.3) is 10.9 Å². The number of fused-ring (bicyclic) bond motifs is 1. The molecule has 0 aliphatic rings. The van der Waals surface area contributed by atoms with Gasteiger partial charge in [0.2, 0.25) is 0 Å². The van der Waals surface area contributed by atoms with E-state index in [1.165, 1.54) is 22.1 Å². The van der Waals surface area contributed by atoms with Crippen LogP contribution in [0.15, 0.2) is 54.6 Å². The summed E-state index contributed by atoms with van der Waals surface area (Å²) in [5.41, 5.74) is 6.04. The van der Waals surface area contributed by atoms with Crippen molar-refractivity contribution >= 4 is 10.9 Å². The van der Waals surface area contributed by atoms with Gasteiger partial charge in [-0.25, -0.2) is 0 Å². The summed E-state index contributed by atoms with van der Waals surface area (Å²) in [6.07, 6.45) is 0. The number of benzene rings is 2. The third kappa shape index (κ3) is 3.47. The number of pyridine rings is 1. The van der Waals surface area contributed by atoms with E-state index in [0.29, 0.717) is 0 Å². The molecule has 2 nitrogen and oxygen atoms in total. The predicted octanol–water partition coefficient (Wildman–Crippen LogP) is 4.14. The maximum Gasteiger partial charge on any atom is 0.0705 e. The second kappa shape index (κ2) is 6.06. The van der Waals surface area contributed by atoms with Gasteiger partial charge in [-0.1, -0.05) is 42.0 Å². The van der Waals surface area contributed by atoms with Crippen molar-refractivity contribution in [3.63, 3.8) is 0 Å². The molecule has 0 fully saturated rings. The summed E-state index contributed by atoms with van der Waals surface area (Å²) in [6.45, 7) is 5.90. The van der Waals surface area contributed by atoms with Crippen LogP contribution >= 0.6 is 0 Å². The zero-order chi connectivity index (χ0) is 14.7. The lowest BCUT2D eigenvalue weighted by Gasteiger charge is -2.07. The molecule has 2 heteroatoms. The first-order chi connectivity index (χ1) is 10.2. The Morgan fingerprint density at radius 2 is 1.52 bits per heavy atom. The molecule has 1 N–H and O–H groups in total. The van der Waals surface area contributed by atoms with Crippen LogP contribution in [0.3, 0.4) is 0 Å². The summed E-state index contributed by atoms with van der Waals surface area (Å²) >= 11 is 0. The van der Waals surface area contributed by atoms with Gasteiger partial charge in [-0.05, 0) is 43.2 Å². The number of hydrogen-bond acceptors (Lipinski definition) is 2. The zero-order valence-electron chi connectivity index (χ0n) is 12.6. The lowest BCUT2D eigenvalue weighted by molar-refractivity contribution is 0.694. The fourth-order valence-electron chi connectivity index (χ4n) is 2.44. The molecule has 3 aromatic rings. The van der Waals surface area contributed by atoms with Gasteiger partial charge in [0.05, 0.1) is 5.52 Å². The lowest BCUT2D eigenvalue weighted by atomic mass is 10.1. The largest absolute Gasteiger partial charge is 0.309 e. The molecule has 1 aromatic heterocycles. The molecule has 1 heterocycles. The van der Waals surface area contributed by atoms with Crippen molar-refractivity contribution in [2.24, 2.45) is 0 Å². The minimum Gasteiger partial charge on any atom is -0.309 e. The third-order valence-electron chi connectivity index (χ3n) is 3.67. The Morgan fingerprint density at radius 1 is 0.810 bits per heavy atom. The molecule has 0 amide bonds. The second-order valence-corrected chi connectivity index (χ2v) is 5.57. The van der Waals surface area contributed by atoms with E-state index in [2.05, 4.69) is 71.8 Å². The van der Waals surface area contributed by atoms with Gasteiger partial charge in [0.25, 0.3) is 0 Å². The van der Waals surface area contributed by atoms with Gasteiger partial charge in [-0.15, -0.1) is 0 Å². The molecule has 3 rings (SSSR count). The first-order valence-electron chi connectivity index (χ1n) is 7.33. The van der Waals surface area contributed by atoms with Crippen molar-refractivity contribution < 1.29 is 0 Å². The SMILES string of the molecule is Cc1ccc(CNCc2ccc3nc(C)ccc3c2)cc1. The molecular weight excluding hydrogens is 256 g/mol. The highest BCUT2D eigenvalue weighted by Gasteiger charge is 1.99. The van der Waals surface area contributed by atoms with Gasteiger partial charge in [0, 0.05) is 24.2 Å². The van der Waals surface area contributed by atoms with Crippen LogP contribution in [0, 0.1) is 13.8 Å². The van der Waals surface area contributed by atoms with E-state index in [1.807, 2.05) is 6.92 Å². The van der Waals surface area contributed by atoms with E-state index in [0.717, 1.165) is 24.3 Å². The molecule has 0 unspecified atom stereocenters. The summed E-state index contributed by atoms with van der Waals surface area (Å²) in [5.74, 6) is 0. The van der Waals surface area contributed by atoms with Crippen LogP contribution in [-0.4, -0.2) is 4.98 Å². The van der Waals surface area contributed by atoms with Crippen LogP contribution in [0.2, 0.25) is 0 Å². The van der Waals surface area contributed by atoms with E-state index in [-0.39, 0.29) is 0 Å². The molecule has 0 saturated carbocycles. The quantitative estimate of drug-likeness (QED) is 0.774. The van der Waals surface area contributed by atoms with Crippen LogP contribution in [0.4, 0.5) is 0 Å². The Labute approximate surface area is 125 Å². The van der Waals surface area contributed by atoms with Gasteiger partial charge in [-0.2, -0.15) is 0 Å². The van der Waals surface area contributed by atoms with Crippen LogP contribution < -0.4 is 5.32 Å². The summed E-state index contributed by atoms with van der Waals surface area (Å²) in [4.78, 5) is 4.53. The standard InChI is InChI=1S/C19H20N2/c1-14-3-6-16(7-4-14)12-20-13-17-8-10-19-18(11-17)9-5-15(2)21-19/h3-11,20H,12-13H2,1-2H3. The molecule has 2 aromatic carbocycles. The fourth-order valence-corrected chi connectivity index (χ4v) is 2.44. The topological polar surface area (TPSA) is 24.9 Å². The second-order valence-electron chi connectivity index (χ2n) is 5.57. The first kappa shape index (κ1) is 13.8. The maximum atomic E-state index is 4.53. The van der Waals surface area contributed by atoms with Gasteiger partial charge in [0.15, 0.2) is 0 Å². The minimum atomic E-state index is 0.873. The first-order valence-corrected chi connectivity index (χ1v) is 7.33. The number of hydrogen-bond donors (Lipinski definition) is 1. The van der Waals surface area contributed by atoms with E-state index >= 15 is 0 Å². The normalized spacial score (nSPS) is 11.0. The maximum absolute atomic E-state index is 4.53. The van der Waals surface area contributed by atoms with Gasteiger partial charge < -0.3 is 5.32 Å². The fraction of sp³-hybridized carbons (Fsp3) is 0.211. The molecule has 0 aliphatic carbocycles. The average molecular weight is 276 g/mol. The molecule has 106 valence electrons. The van der Waals surface area contributed by atoms with Crippen LogP contribution in [0.5, 0.6) is 0 Å². The highest BCUT2D eigenvalue weighted by molar-refractivity contribution is 5.79. The summed E-state index contributed by atoms with van der Waals surface area (Å²) in [5, 5.41) is 4.70.